The Kier molecular flexibility index (Phi) is 8.13. The van der Waals surface area contributed by atoms with Crippen molar-refractivity contribution in [2.45, 2.75) is 72.6 Å². The molecule has 0 aromatic heterocycles. The lowest BCUT2D eigenvalue weighted by Gasteiger charge is -2.15. The number of carbonyl (C=O) groups is 1. The molecule has 1 aliphatic carbocycles. The van der Waals surface area contributed by atoms with Crippen molar-refractivity contribution in [2.24, 2.45) is 17.8 Å². The third-order valence-corrected chi connectivity index (χ3v) is 6.45. The van der Waals surface area contributed by atoms with Crippen molar-refractivity contribution in [3.63, 3.8) is 0 Å². The van der Waals surface area contributed by atoms with Crippen LogP contribution in [0.15, 0.2) is 42.5 Å². The summed E-state index contributed by atoms with van der Waals surface area (Å²) in [7, 11) is 0. The molecule has 0 fully saturated rings. The molecule has 2 aromatic rings. The van der Waals surface area contributed by atoms with Crippen LogP contribution < -0.4 is 4.74 Å². The predicted octanol–water partition coefficient (Wildman–Crippen LogP) is 7.94. The van der Waals surface area contributed by atoms with E-state index in [1.165, 1.54) is 38.5 Å². The van der Waals surface area contributed by atoms with Crippen LogP contribution in [0.2, 0.25) is 0 Å². The lowest BCUT2D eigenvalue weighted by Crippen LogP contribution is -2.06. The minimum absolute atomic E-state index is 0.113. The van der Waals surface area contributed by atoms with E-state index in [4.69, 9.17) is 4.74 Å². The van der Waals surface area contributed by atoms with Gasteiger partial charge in [-0.05, 0) is 53.5 Å². The van der Waals surface area contributed by atoms with E-state index < -0.39 is 0 Å². The Morgan fingerprint density at radius 2 is 1.30 bits per heavy atom. The van der Waals surface area contributed by atoms with Gasteiger partial charge in [-0.15, -0.1) is 0 Å². The summed E-state index contributed by atoms with van der Waals surface area (Å²) in [5.74, 6) is 3.27. The van der Waals surface area contributed by atoms with Gasteiger partial charge in [-0.2, -0.15) is 0 Å². The summed E-state index contributed by atoms with van der Waals surface area (Å²) < 4.78 is 6.00. The molecular formula is C28H38O2. The summed E-state index contributed by atoms with van der Waals surface area (Å²) in [6, 6.07) is 13.8. The molecule has 0 heterocycles. The normalized spacial score (nSPS) is 14.5. The number of hydrogen-bond donors (Lipinski definition) is 0. The Hall–Kier alpha value is -2.09. The summed E-state index contributed by atoms with van der Waals surface area (Å²) in [5, 5.41) is 0. The first-order valence-corrected chi connectivity index (χ1v) is 11.9. The standard InChI is InChI=1S/C28H38O2/c1-20(2)9-7-10-21(3)11-8-12-22(4)17-18-30-23-15-16-25-24-13-5-6-14-26(24)28(29)27(25)19-23/h5-6,13-16,19-22H,7-12,17-18H2,1-4H3. The van der Waals surface area contributed by atoms with Crippen LogP contribution in [-0.4, -0.2) is 12.4 Å². The minimum atomic E-state index is 0.113. The second kappa shape index (κ2) is 10.8. The number of fused-ring (bicyclic) bond motifs is 3. The van der Waals surface area contributed by atoms with Gasteiger partial charge in [0.05, 0.1) is 6.61 Å². The van der Waals surface area contributed by atoms with Crippen LogP contribution in [0.1, 0.15) is 88.6 Å². The van der Waals surface area contributed by atoms with Gasteiger partial charge in [0.25, 0.3) is 0 Å². The zero-order chi connectivity index (χ0) is 21.5. The molecule has 0 amide bonds. The van der Waals surface area contributed by atoms with E-state index in [0.717, 1.165) is 46.3 Å². The van der Waals surface area contributed by atoms with Crippen molar-refractivity contribution >= 4 is 5.78 Å². The number of benzene rings is 2. The van der Waals surface area contributed by atoms with Crippen LogP contribution >= 0.6 is 0 Å². The van der Waals surface area contributed by atoms with Gasteiger partial charge in [0, 0.05) is 11.1 Å². The molecule has 3 rings (SSSR count). The van der Waals surface area contributed by atoms with Gasteiger partial charge in [-0.25, -0.2) is 0 Å². The third kappa shape index (κ3) is 5.97. The Morgan fingerprint density at radius 1 is 0.700 bits per heavy atom. The molecule has 2 heteroatoms. The Labute approximate surface area is 183 Å². The van der Waals surface area contributed by atoms with E-state index in [1.807, 2.05) is 42.5 Å². The highest BCUT2D eigenvalue weighted by atomic mass is 16.5. The molecule has 0 aliphatic heterocycles. The average Bonchev–Trinajstić information content (AvgIpc) is 3.00. The molecule has 0 saturated heterocycles. The van der Waals surface area contributed by atoms with E-state index in [1.54, 1.807) is 0 Å². The van der Waals surface area contributed by atoms with Crippen molar-refractivity contribution in [1.82, 2.24) is 0 Å². The van der Waals surface area contributed by atoms with Gasteiger partial charge in [0.15, 0.2) is 5.78 Å². The fourth-order valence-electron chi connectivity index (χ4n) is 4.45. The second-order valence-electron chi connectivity index (χ2n) is 9.69. The topological polar surface area (TPSA) is 26.3 Å². The summed E-state index contributed by atoms with van der Waals surface area (Å²) >= 11 is 0. The van der Waals surface area contributed by atoms with Crippen LogP contribution in [0.3, 0.4) is 0 Å². The maximum Gasteiger partial charge on any atom is 0.194 e. The molecule has 0 saturated carbocycles. The fourth-order valence-corrected chi connectivity index (χ4v) is 4.45. The minimum Gasteiger partial charge on any atom is -0.494 e. The summed E-state index contributed by atoms with van der Waals surface area (Å²) in [6.07, 6.45) is 9.10. The first-order valence-electron chi connectivity index (χ1n) is 11.9. The first kappa shape index (κ1) is 22.6. The van der Waals surface area contributed by atoms with Crippen LogP contribution in [-0.2, 0) is 0 Å². The highest BCUT2D eigenvalue weighted by Crippen LogP contribution is 2.38. The molecule has 2 atom stereocenters. The van der Waals surface area contributed by atoms with Crippen LogP contribution in [0.4, 0.5) is 0 Å². The molecular weight excluding hydrogens is 368 g/mol. The van der Waals surface area contributed by atoms with Crippen molar-refractivity contribution in [3.05, 3.63) is 53.6 Å². The summed E-state index contributed by atoms with van der Waals surface area (Å²) in [4.78, 5) is 12.6. The van der Waals surface area contributed by atoms with Gasteiger partial charge >= 0.3 is 0 Å². The molecule has 30 heavy (non-hydrogen) atoms. The Balaban J connectivity index is 1.37. The molecule has 0 bridgehead atoms. The van der Waals surface area contributed by atoms with E-state index in [9.17, 15) is 4.79 Å². The van der Waals surface area contributed by atoms with Gasteiger partial charge in [-0.1, -0.05) is 90.5 Å². The van der Waals surface area contributed by atoms with Crippen LogP contribution in [0, 0.1) is 17.8 Å². The van der Waals surface area contributed by atoms with E-state index in [2.05, 4.69) is 27.7 Å². The number of hydrogen-bond acceptors (Lipinski definition) is 2. The van der Waals surface area contributed by atoms with E-state index in [-0.39, 0.29) is 5.78 Å². The number of carbonyl (C=O) groups excluding carboxylic acids is 1. The van der Waals surface area contributed by atoms with E-state index in [0.29, 0.717) is 12.5 Å². The second-order valence-corrected chi connectivity index (χ2v) is 9.69. The molecule has 0 spiro atoms. The highest BCUT2D eigenvalue weighted by Gasteiger charge is 2.26. The van der Waals surface area contributed by atoms with Gasteiger partial charge in [0.1, 0.15) is 5.75 Å². The predicted molar refractivity (Wildman–Crippen MR) is 126 cm³/mol. The largest absolute Gasteiger partial charge is 0.494 e. The molecule has 2 unspecified atom stereocenters. The number of rotatable bonds is 12. The molecule has 162 valence electrons. The maximum absolute atomic E-state index is 12.6. The molecule has 2 aromatic carbocycles. The number of ketones is 1. The fraction of sp³-hybridized carbons (Fsp3) is 0.536. The molecule has 1 aliphatic rings. The summed E-state index contributed by atoms with van der Waals surface area (Å²) in [6.45, 7) is 10.1. The van der Waals surface area contributed by atoms with Gasteiger partial charge in [0.2, 0.25) is 0 Å². The third-order valence-electron chi connectivity index (χ3n) is 6.45. The monoisotopic (exact) mass is 406 g/mol. The van der Waals surface area contributed by atoms with Crippen LogP contribution in [0.5, 0.6) is 5.75 Å². The summed E-state index contributed by atoms with van der Waals surface area (Å²) in [5.41, 5.74) is 3.64. The quantitative estimate of drug-likeness (QED) is 0.305. The van der Waals surface area contributed by atoms with Crippen LogP contribution in [0.25, 0.3) is 11.1 Å². The highest BCUT2D eigenvalue weighted by molar-refractivity contribution is 6.21. The van der Waals surface area contributed by atoms with E-state index >= 15 is 0 Å². The molecule has 0 N–H and O–H groups in total. The Bertz CT molecular complexity index is 836. The zero-order valence-electron chi connectivity index (χ0n) is 19.2. The Morgan fingerprint density at radius 3 is 2.00 bits per heavy atom. The van der Waals surface area contributed by atoms with Crippen molar-refractivity contribution in [3.8, 4) is 16.9 Å². The molecule has 0 radical (unpaired) electrons. The van der Waals surface area contributed by atoms with Gasteiger partial charge < -0.3 is 4.74 Å². The number of ether oxygens (including phenoxy) is 1. The smallest absolute Gasteiger partial charge is 0.194 e. The van der Waals surface area contributed by atoms with Crippen molar-refractivity contribution in [2.75, 3.05) is 6.61 Å². The lowest BCUT2D eigenvalue weighted by molar-refractivity contribution is 0.104. The lowest BCUT2D eigenvalue weighted by atomic mass is 9.93. The van der Waals surface area contributed by atoms with Crippen molar-refractivity contribution < 1.29 is 9.53 Å². The first-order chi connectivity index (χ1) is 14.5. The molecule has 2 nitrogen and oxygen atoms in total. The zero-order valence-corrected chi connectivity index (χ0v) is 19.2. The van der Waals surface area contributed by atoms with Gasteiger partial charge in [-0.3, -0.25) is 4.79 Å². The SMILES string of the molecule is CC(C)CCCC(C)CCCC(C)CCOc1ccc2c(c1)C(=O)c1ccccc1-2. The maximum atomic E-state index is 12.6. The average molecular weight is 407 g/mol. The van der Waals surface area contributed by atoms with Crippen molar-refractivity contribution in [1.29, 1.82) is 0 Å².